The number of imidazole rings is 2. The molecular weight excluding hydrogens is 730 g/mol. The number of hydrogen-bond acceptors (Lipinski definition) is 11. The third-order valence-electron chi connectivity index (χ3n) is 10.4. The minimum atomic E-state index is -1.27. The first-order valence-corrected chi connectivity index (χ1v) is 19.0. The highest BCUT2D eigenvalue weighted by Crippen LogP contribution is 2.33. The van der Waals surface area contributed by atoms with Crippen LogP contribution in [0.4, 0.5) is 9.59 Å². The Labute approximate surface area is 328 Å². The van der Waals surface area contributed by atoms with Crippen LogP contribution in [0, 0.1) is 6.92 Å². The summed E-state index contributed by atoms with van der Waals surface area (Å²) in [5.41, 5.74) is 14.1. The Balaban J connectivity index is 0.959. The lowest BCUT2D eigenvalue weighted by Gasteiger charge is -2.19. The zero-order valence-electron chi connectivity index (χ0n) is 32.0. The van der Waals surface area contributed by atoms with Crippen molar-refractivity contribution < 1.29 is 42.8 Å². The van der Waals surface area contributed by atoms with Crippen LogP contribution in [0.3, 0.4) is 0 Å². The van der Waals surface area contributed by atoms with E-state index in [2.05, 4.69) is 53.3 Å². The fourth-order valence-electron chi connectivity index (χ4n) is 7.75. The smallest absolute Gasteiger partial charge is 0.441 e. The van der Waals surface area contributed by atoms with Gasteiger partial charge in [-0.1, -0.05) is 61.5 Å². The van der Waals surface area contributed by atoms with Gasteiger partial charge in [-0.05, 0) is 65.9 Å². The van der Waals surface area contributed by atoms with Crippen LogP contribution < -0.4 is 5.73 Å². The summed E-state index contributed by atoms with van der Waals surface area (Å²) in [5.74, 6) is 1.25. The molecule has 6 aromatic rings. The number of benzene rings is 4. The highest BCUT2D eigenvalue weighted by atomic mass is 16.8. The van der Waals surface area contributed by atoms with Crippen LogP contribution in [-0.2, 0) is 48.4 Å². The van der Waals surface area contributed by atoms with E-state index >= 15 is 0 Å². The molecule has 1 amide bonds. The van der Waals surface area contributed by atoms with E-state index in [0.29, 0.717) is 17.7 Å². The topological polar surface area (TPSA) is 168 Å². The van der Waals surface area contributed by atoms with Crippen molar-refractivity contribution in [3.63, 3.8) is 0 Å². The Hall–Kier alpha value is -6.25. The Bertz CT molecular complexity index is 2470. The van der Waals surface area contributed by atoms with E-state index in [1.54, 1.807) is 12.1 Å². The van der Waals surface area contributed by atoms with Gasteiger partial charge in [-0.3, -0.25) is 0 Å². The molecule has 0 radical (unpaired) electrons. The van der Waals surface area contributed by atoms with Crippen LogP contribution in [0.2, 0.25) is 0 Å². The maximum atomic E-state index is 13.4. The number of aromatic nitrogens is 4. The Morgan fingerprint density at radius 3 is 2.28 bits per heavy atom. The number of primary amides is 1. The molecule has 0 spiro atoms. The van der Waals surface area contributed by atoms with Crippen molar-refractivity contribution in [3.8, 4) is 22.5 Å². The first kappa shape index (κ1) is 37.7. The molecular formula is C43H43N5O9. The maximum absolute atomic E-state index is 13.4. The summed E-state index contributed by atoms with van der Waals surface area (Å²) < 4.78 is 36.8. The van der Waals surface area contributed by atoms with Crippen LogP contribution in [-0.4, -0.2) is 81.2 Å². The Kier molecular flexibility index (Phi) is 10.4. The number of aryl methyl sites for hydroxylation is 3. The van der Waals surface area contributed by atoms with Crippen LogP contribution in [0.5, 0.6) is 0 Å². The summed E-state index contributed by atoms with van der Waals surface area (Å²) in [6.45, 7) is 6.34. The molecule has 4 heterocycles. The van der Waals surface area contributed by atoms with Gasteiger partial charge in [-0.2, -0.15) is 0 Å². The second-order valence-electron chi connectivity index (χ2n) is 14.3. The molecule has 2 fully saturated rings. The standard InChI is InChI=1S/C43H43N5O9/c1-5-10-36-46-37-24(2)19-28(40-45-31-13-8-9-14-32(31)47(40)4)20-33(37)48(36)21-26-15-17-27(18-16-26)29-11-6-7-12-30(29)41(49)54-25(3)55-43(51)57-35-23-53-38-34(56-42(44)50)22-52-39(35)38/h6-9,11-20,25,34-35,38-39H,5,10,21-23H2,1-4H3,(H2,44,50)/t25?,34-,35-,38+,39+/m0/s1. The summed E-state index contributed by atoms with van der Waals surface area (Å²) in [6, 6.07) is 27.6. The van der Waals surface area contributed by atoms with Crippen molar-refractivity contribution in [2.45, 2.75) is 70.9 Å². The van der Waals surface area contributed by atoms with E-state index in [0.717, 1.165) is 68.8 Å². The number of nitrogens with two attached hydrogens (primary N) is 1. The molecule has 8 rings (SSSR count). The number of esters is 1. The van der Waals surface area contributed by atoms with Crippen molar-refractivity contribution in [1.29, 1.82) is 0 Å². The average molecular weight is 774 g/mol. The third kappa shape index (κ3) is 7.53. The van der Waals surface area contributed by atoms with Crippen LogP contribution >= 0.6 is 0 Å². The first-order valence-electron chi connectivity index (χ1n) is 19.0. The highest BCUT2D eigenvalue weighted by Gasteiger charge is 2.51. The van der Waals surface area contributed by atoms with Crippen LogP contribution in [0.1, 0.15) is 47.6 Å². The maximum Gasteiger partial charge on any atom is 0.511 e. The minimum Gasteiger partial charge on any atom is -0.441 e. The van der Waals surface area contributed by atoms with E-state index in [-0.39, 0.29) is 13.2 Å². The lowest BCUT2D eigenvalue weighted by Crippen LogP contribution is -2.37. The molecule has 2 saturated heterocycles. The van der Waals surface area contributed by atoms with Crippen LogP contribution in [0.15, 0.2) is 84.9 Å². The monoisotopic (exact) mass is 773 g/mol. The summed E-state index contributed by atoms with van der Waals surface area (Å²) in [4.78, 5) is 47.3. The van der Waals surface area contributed by atoms with Gasteiger partial charge in [0, 0.05) is 32.5 Å². The van der Waals surface area contributed by atoms with E-state index in [1.807, 2.05) is 49.5 Å². The summed E-state index contributed by atoms with van der Waals surface area (Å²) in [6.07, 6.45) is -4.30. The number of nitrogens with zero attached hydrogens (tertiary/aromatic N) is 4. The molecule has 0 bridgehead atoms. The van der Waals surface area contributed by atoms with Gasteiger partial charge in [0.15, 0.2) is 12.2 Å². The lowest BCUT2D eigenvalue weighted by atomic mass is 9.98. The Morgan fingerprint density at radius 1 is 0.860 bits per heavy atom. The molecule has 57 heavy (non-hydrogen) atoms. The number of amides is 1. The molecule has 4 aromatic carbocycles. The van der Waals surface area contributed by atoms with Crippen molar-refractivity contribution in [1.82, 2.24) is 19.1 Å². The number of carbonyl (C=O) groups excluding carboxylic acids is 3. The molecule has 14 nitrogen and oxygen atoms in total. The molecule has 2 aromatic heterocycles. The quantitative estimate of drug-likeness (QED) is 0.0830. The van der Waals surface area contributed by atoms with Gasteiger partial charge in [0.25, 0.3) is 0 Å². The second-order valence-corrected chi connectivity index (χ2v) is 14.3. The zero-order chi connectivity index (χ0) is 39.8. The van der Waals surface area contributed by atoms with Crippen molar-refractivity contribution in [2.75, 3.05) is 13.2 Å². The predicted molar refractivity (Wildman–Crippen MR) is 209 cm³/mol. The third-order valence-corrected chi connectivity index (χ3v) is 10.4. The fraction of sp³-hybridized carbons (Fsp3) is 0.326. The SMILES string of the molecule is CCCc1nc2c(C)cc(-c3nc4ccccc4n3C)cc2n1Cc1ccc(-c2ccccc2C(=O)OC(C)OC(=O)O[C@H]2CO[C@H]3[C@@H]2OC[C@@H]3OC(N)=O)cc1. The minimum absolute atomic E-state index is 0.00637. The lowest BCUT2D eigenvalue weighted by molar-refractivity contribution is -0.0987. The second kappa shape index (κ2) is 15.7. The van der Waals surface area contributed by atoms with Gasteiger partial charge in [0.1, 0.15) is 23.9 Å². The summed E-state index contributed by atoms with van der Waals surface area (Å²) >= 11 is 0. The highest BCUT2D eigenvalue weighted by molar-refractivity contribution is 5.97. The van der Waals surface area contributed by atoms with Crippen molar-refractivity contribution in [3.05, 3.63) is 107 Å². The van der Waals surface area contributed by atoms with Gasteiger partial charge in [-0.15, -0.1) is 0 Å². The molecule has 0 aliphatic carbocycles. The van der Waals surface area contributed by atoms with E-state index in [1.165, 1.54) is 6.92 Å². The molecule has 14 heteroatoms. The van der Waals surface area contributed by atoms with Gasteiger partial charge in [-0.25, -0.2) is 24.4 Å². The molecule has 5 atom stereocenters. The molecule has 2 N–H and O–H groups in total. The van der Waals surface area contributed by atoms with Crippen LogP contribution in [0.25, 0.3) is 44.6 Å². The van der Waals surface area contributed by atoms with Gasteiger partial charge >= 0.3 is 18.2 Å². The number of fused-ring (bicyclic) bond motifs is 3. The van der Waals surface area contributed by atoms with E-state index in [9.17, 15) is 14.4 Å². The fourth-order valence-corrected chi connectivity index (χ4v) is 7.75. The van der Waals surface area contributed by atoms with Gasteiger partial charge in [0.05, 0.1) is 40.8 Å². The molecule has 2 aliphatic heterocycles. The number of ether oxygens (including phenoxy) is 6. The average Bonchev–Trinajstić information content (AvgIpc) is 3.96. The number of carbonyl (C=O) groups is 3. The predicted octanol–water partition coefficient (Wildman–Crippen LogP) is 6.85. The largest absolute Gasteiger partial charge is 0.511 e. The molecule has 2 aliphatic rings. The summed E-state index contributed by atoms with van der Waals surface area (Å²) in [7, 11) is 2.05. The number of para-hydroxylation sites is 2. The molecule has 0 saturated carbocycles. The zero-order valence-corrected chi connectivity index (χ0v) is 32.0. The Morgan fingerprint density at radius 2 is 1.56 bits per heavy atom. The van der Waals surface area contributed by atoms with Crippen molar-refractivity contribution >= 4 is 40.3 Å². The number of rotatable bonds is 11. The van der Waals surface area contributed by atoms with Gasteiger partial charge in [0.2, 0.25) is 6.29 Å². The molecule has 1 unspecified atom stereocenters. The first-order chi connectivity index (χ1) is 27.6. The summed E-state index contributed by atoms with van der Waals surface area (Å²) in [5, 5.41) is 0. The normalized spacial score (nSPS) is 19.4. The van der Waals surface area contributed by atoms with Gasteiger partial charge < -0.3 is 43.3 Å². The van der Waals surface area contributed by atoms with Crippen molar-refractivity contribution in [2.24, 2.45) is 12.8 Å². The van der Waals surface area contributed by atoms with E-state index in [4.69, 9.17) is 44.1 Å². The number of hydrogen-bond donors (Lipinski definition) is 1. The van der Waals surface area contributed by atoms with E-state index < -0.39 is 48.9 Å². The molecule has 294 valence electrons.